The third-order valence-corrected chi connectivity index (χ3v) is 4.81. The van der Waals surface area contributed by atoms with Crippen molar-refractivity contribution in [3.63, 3.8) is 0 Å². The van der Waals surface area contributed by atoms with Crippen LogP contribution in [0.4, 0.5) is 4.39 Å². The molecule has 1 fully saturated rings. The molecule has 0 spiro atoms. The van der Waals surface area contributed by atoms with E-state index in [2.05, 4.69) is 12.3 Å². The minimum atomic E-state index is -0.469. The van der Waals surface area contributed by atoms with E-state index in [1.807, 2.05) is 38.1 Å². The summed E-state index contributed by atoms with van der Waals surface area (Å²) in [6.07, 6.45) is 1.82. The maximum atomic E-state index is 14.0. The zero-order valence-electron chi connectivity index (χ0n) is 14.9. The lowest BCUT2D eigenvalue weighted by molar-refractivity contribution is -0.147. The van der Waals surface area contributed by atoms with E-state index in [-0.39, 0.29) is 35.6 Å². The second kappa shape index (κ2) is 7.19. The molecule has 2 atom stereocenters. The van der Waals surface area contributed by atoms with Gasteiger partial charge in [-0.3, -0.25) is 4.79 Å². The molecule has 0 heterocycles. The number of rotatable bonds is 6. The highest BCUT2D eigenvalue weighted by molar-refractivity contribution is 5.78. The maximum Gasteiger partial charge on any atom is 0.310 e. The largest absolute Gasteiger partial charge is 0.461 e. The van der Waals surface area contributed by atoms with Gasteiger partial charge in [0.25, 0.3) is 0 Å². The van der Waals surface area contributed by atoms with Crippen molar-refractivity contribution in [2.24, 2.45) is 17.3 Å². The Kier molecular flexibility index (Phi) is 4.97. The number of benzene rings is 2. The molecule has 0 bridgehead atoms. The predicted octanol–water partition coefficient (Wildman–Crippen LogP) is 5.27. The molecule has 0 aliphatic heterocycles. The molecule has 2 unspecified atom stereocenters. The Balaban J connectivity index is 1.65. The van der Waals surface area contributed by atoms with Crippen molar-refractivity contribution in [1.29, 1.82) is 0 Å². The maximum absolute atomic E-state index is 14.0. The molecule has 0 radical (unpaired) electrons. The summed E-state index contributed by atoms with van der Waals surface area (Å²) in [5.41, 5.74) is 3.26. The fourth-order valence-corrected chi connectivity index (χ4v) is 3.14. The van der Waals surface area contributed by atoms with Crippen molar-refractivity contribution in [3.8, 4) is 11.5 Å². The molecule has 0 aromatic heterocycles. The molecular weight excluding hydrogens is 331 g/mol. The second-order valence-corrected chi connectivity index (χ2v) is 6.98. The van der Waals surface area contributed by atoms with E-state index in [4.69, 9.17) is 9.47 Å². The molecule has 1 saturated carbocycles. The normalized spacial score (nSPS) is 20.0. The molecule has 1 aliphatic carbocycles. The van der Waals surface area contributed by atoms with Crippen LogP contribution >= 0.6 is 0 Å². The van der Waals surface area contributed by atoms with Crippen LogP contribution in [-0.4, -0.2) is 5.97 Å². The van der Waals surface area contributed by atoms with Crippen LogP contribution in [0.15, 0.2) is 66.9 Å². The smallest absolute Gasteiger partial charge is 0.310 e. The van der Waals surface area contributed by atoms with E-state index >= 15 is 0 Å². The molecule has 4 heteroatoms. The molecule has 0 N–H and O–H groups in total. The Bertz CT molecular complexity index is 851. The van der Waals surface area contributed by atoms with Crippen molar-refractivity contribution in [1.82, 2.24) is 0 Å². The molecular formula is C22H21FO3. The summed E-state index contributed by atoms with van der Waals surface area (Å²) in [5, 5.41) is 0. The fraction of sp³-hybridized carbons (Fsp3) is 0.273. The zero-order chi connectivity index (χ0) is 18.7. The first kappa shape index (κ1) is 18.0. The van der Waals surface area contributed by atoms with Crippen molar-refractivity contribution in [2.75, 3.05) is 0 Å². The van der Waals surface area contributed by atoms with Crippen molar-refractivity contribution >= 4 is 5.97 Å². The van der Waals surface area contributed by atoms with Crippen LogP contribution in [0.25, 0.3) is 0 Å². The highest BCUT2D eigenvalue weighted by Crippen LogP contribution is 2.59. The van der Waals surface area contributed by atoms with E-state index in [0.29, 0.717) is 11.3 Å². The van der Waals surface area contributed by atoms with Crippen LogP contribution in [-0.2, 0) is 16.1 Å². The van der Waals surface area contributed by atoms with Gasteiger partial charge >= 0.3 is 5.97 Å². The van der Waals surface area contributed by atoms with Gasteiger partial charge in [0.2, 0.25) is 0 Å². The summed E-state index contributed by atoms with van der Waals surface area (Å²) < 4.78 is 25.0. The third-order valence-electron chi connectivity index (χ3n) is 4.81. The molecule has 2 aromatic carbocycles. The third kappa shape index (κ3) is 3.71. The summed E-state index contributed by atoms with van der Waals surface area (Å²) in [6, 6.07) is 13.4. The molecule has 2 aromatic rings. The van der Waals surface area contributed by atoms with Gasteiger partial charge in [0.15, 0.2) is 11.6 Å². The van der Waals surface area contributed by atoms with Crippen LogP contribution in [0.3, 0.4) is 0 Å². The lowest BCUT2D eigenvalue weighted by atomic mass is 10.1. The number of ether oxygens (including phenoxy) is 2. The van der Waals surface area contributed by atoms with Crippen LogP contribution in [0, 0.1) is 23.1 Å². The van der Waals surface area contributed by atoms with Gasteiger partial charge in [-0.1, -0.05) is 44.7 Å². The Labute approximate surface area is 152 Å². The van der Waals surface area contributed by atoms with E-state index in [1.165, 1.54) is 6.07 Å². The lowest BCUT2D eigenvalue weighted by Gasteiger charge is -2.10. The van der Waals surface area contributed by atoms with E-state index in [0.717, 1.165) is 0 Å². The quantitative estimate of drug-likeness (QED) is 0.524. The minimum absolute atomic E-state index is 0.0708. The van der Waals surface area contributed by atoms with Gasteiger partial charge in [-0.25, -0.2) is 4.39 Å². The zero-order valence-corrected chi connectivity index (χ0v) is 14.9. The summed E-state index contributed by atoms with van der Waals surface area (Å²) in [6.45, 7) is 7.66. The van der Waals surface area contributed by atoms with Gasteiger partial charge in [0.1, 0.15) is 12.4 Å². The molecule has 0 amide bonds. The molecule has 0 saturated heterocycles. The van der Waals surface area contributed by atoms with E-state index < -0.39 is 5.82 Å². The number of allylic oxidation sites excluding steroid dienone is 1. The number of para-hydroxylation sites is 1. The van der Waals surface area contributed by atoms with Gasteiger partial charge in [0, 0.05) is 5.92 Å². The first-order valence-corrected chi connectivity index (χ1v) is 8.47. The topological polar surface area (TPSA) is 35.5 Å². The van der Waals surface area contributed by atoms with Gasteiger partial charge in [-0.05, 0) is 41.3 Å². The Morgan fingerprint density at radius 2 is 2.00 bits per heavy atom. The summed E-state index contributed by atoms with van der Waals surface area (Å²) >= 11 is 0. The van der Waals surface area contributed by atoms with Gasteiger partial charge < -0.3 is 9.47 Å². The number of carbonyl (C=O) groups is 1. The average Bonchev–Trinajstić information content (AvgIpc) is 3.17. The molecule has 3 nitrogen and oxygen atoms in total. The van der Waals surface area contributed by atoms with Crippen LogP contribution in [0.5, 0.6) is 11.5 Å². The second-order valence-electron chi connectivity index (χ2n) is 6.98. The Morgan fingerprint density at radius 1 is 1.27 bits per heavy atom. The monoisotopic (exact) mass is 352 g/mol. The summed E-state index contributed by atoms with van der Waals surface area (Å²) in [4.78, 5) is 12.3. The molecule has 134 valence electrons. The van der Waals surface area contributed by atoms with Crippen LogP contribution in [0.1, 0.15) is 19.4 Å². The van der Waals surface area contributed by atoms with Crippen molar-refractivity contribution in [3.05, 3.63) is 78.3 Å². The number of hydrogen-bond acceptors (Lipinski definition) is 3. The number of halogens is 1. The van der Waals surface area contributed by atoms with Crippen molar-refractivity contribution in [2.45, 2.75) is 20.5 Å². The summed E-state index contributed by atoms with van der Waals surface area (Å²) in [7, 11) is 0. The molecule has 26 heavy (non-hydrogen) atoms. The highest BCUT2D eigenvalue weighted by atomic mass is 19.1. The number of esters is 1. The van der Waals surface area contributed by atoms with Crippen LogP contribution in [0.2, 0.25) is 0 Å². The molecule has 3 rings (SSSR count). The Hall–Kier alpha value is -2.84. The van der Waals surface area contributed by atoms with Gasteiger partial charge in [0.05, 0.1) is 5.92 Å². The van der Waals surface area contributed by atoms with E-state index in [1.54, 1.807) is 24.3 Å². The van der Waals surface area contributed by atoms with Gasteiger partial charge in [-0.2, -0.15) is 0 Å². The van der Waals surface area contributed by atoms with E-state index in [9.17, 15) is 9.18 Å². The fourth-order valence-electron chi connectivity index (χ4n) is 3.14. The Morgan fingerprint density at radius 3 is 2.69 bits per heavy atom. The number of carbonyl (C=O) groups excluding carboxylic acids is 1. The summed E-state index contributed by atoms with van der Waals surface area (Å²) in [5.74, 6) is -0.192. The number of hydrogen-bond donors (Lipinski definition) is 0. The first-order valence-electron chi connectivity index (χ1n) is 8.47. The SMILES string of the molecule is C=C=CC1C(C(=O)OCc2ccc(F)c(Oc3ccccc3)c2)C1(C)C. The molecule has 1 aliphatic rings. The standard InChI is InChI=1S/C22H21FO3/c1-4-8-17-20(22(17,2)3)21(24)25-14-15-11-12-18(23)19(13-15)26-16-9-6-5-7-10-16/h5-13,17,20H,1,14H2,2-3H3. The minimum Gasteiger partial charge on any atom is -0.461 e. The first-order chi connectivity index (χ1) is 12.4. The predicted molar refractivity (Wildman–Crippen MR) is 97.2 cm³/mol. The lowest BCUT2D eigenvalue weighted by Crippen LogP contribution is -2.10. The van der Waals surface area contributed by atoms with Gasteiger partial charge in [-0.15, -0.1) is 5.73 Å². The average molecular weight is 352 g/mol. The van der Waals surface area contributed by atoms with Crippen LogP contribution < -0.4 is 4.74 Å². The van der Waals surface area contributed by atoms with Crippen molar-refractivity contribution < 1.29 is 18.7 Å². The highest BCUT2D eigenvalue weighted by Gasteiger charge is 2.61.